The van der Waals surface area contributed by atoms with Crippen LogP contribution in [0.25, 0.3) is 44.5 Å². The van der Waals surface area contributed by atoms with Crippen molar-refractivity contribution in [2.45, 2.75) is 70.6 Å². The van der Waals surface area contributed by atoms with Crippen LogP contribution in [0.3, 0.4) is 0 Å². The smallest absolute Gasteiger partial charge is 0.250 e. The van der Waals surface area contributed by atoms with Gasteiger partial charge >= 0.3 is 0 Å². The first-order chi connectivity index (χ1) is 64.8. The van der Waals surface area contributed by atoms with Gasteiger partial charge in [-0.05, 0) is 276 Å². The summed E-state index contributed by atoms with van der Waals surface area (Å²) in [6.07, 6.45) is 15.1. The van der Waals surface area contributed by atoms with E-state index >= 15 is 0 Å². The molecule has 0 unspecified atom stereocenters. The highest BCUT2D eigenvalue weighted by molar-refractivity contribution is 9.10. The predicted molar refractivity (Wildman–Crippen MR) is 521 cm³/mol. The Kier molecular flexibility index (Phi) is 39.1. The average Bonchev–Trinajstić information content (AvgIpc) is 1.74. The van der Waals surface area contributed by atoms with Gasteiger partial charge in [-0.2, -0.15) is 28.9 Å². The zero-order chi connectivity index (χ0) is 97.8. The van der Waals surface area contributed by atoms with E-state index in [9.17, 15) is 51.2 Å². The maximum absolute atomic E-state index is 14.9. The molecule has 7 heterocycles. The van der Waals surface area contributed by atoms with Gasteiger partial charge in [0.2, 0.25) is 23.6 Å². The number of hydrogen-bond donors (Lipinski definition) is 14. The number of nitrogens with one attached hydrogen (secondary N) is 5. The minimum absolute atomic E-state index is 0.0101. The van der Waals surface area contributed by atoms with Crippen LogP contribution in [0.4, 0.5) is 65.4 Å². The first kappa shape index (κ1) is 103. The Hall–Kier alpha value is -15.6. The van der Waals surface area contributed by atoms with E-state index in [2.05, 4.69) is 91.5 Å². The number of aryl methyl sites for hydroxylation is 3. The van der Waals surface area contributed by atoms with Crippen LogP contribution in [-0.2, 0) is 44.9 Å². The minimum atomic E-state index is -1.01. The first-order valence-corrected chi connectivity index (χ1v) is 44.0. The lowest BCUT2D eigenvalue weighted by atomic mass is 10.0. The van der Waals surface area contributed by atoms with Crippen LogP contribution in [-0.4, -0.2) is 97.3 Å². The predicted octanol–water partition coefficient (Wildman–Crippen LogP) is 17.6. The van der Waals surface area contributed by atoms with Crippen LogP contribution >= 0.6 is 66.5 Å². The SMILES string of the molecule is Cc1cc(N)sn1.Cc1cc(Nc2cc(N[C@H](Cc3ccc(-c4ccncc4)cc3)C(N)=O)c(F)cc2C#N)sn1.Cc1cc(Nc2cc(N[C@H](Cc3ccc(-c4ccncc4)cc3)C(N)=O)c(F)cc2C(N)=O)sn1.N#Cc1cc(F)c(F)cc1Br.N#Cc1cc(F)c(N[C@H](Cc2ccc(-c3ccncc3)cc2)C(N)=O)cc1Br.NC(=O)[C@H](N)Cc1ccc(-c2ccncc2)cc1.OO. The molecule has 0 bridgehead atoms. The van der Waals surface area contributed by atoms with Crippen molar-refractivity contribution in [2.75, 3.05) is 32.3 Å². The minimum Gasteiger partial charge on any atom is -0.389 e. The molecule has 39 heteroatoms. The lowest BCUT2D eigenvalue weighted by Crippen LogP contribution is -2.38. The highest BCUT2D eigenvalue weighted by Gasteiger charge is 2.25. The number of halogens is 7. The van der Waals surface area contributed by atoms with Crippen LogP contribution < -0.4 is 66.7 Å². The van der Waals surface area contributed by atoms with Crippen molar-refractivity contribution in [3.63, 3.8) is 0 Å². The number of carbonyl (C=O) groups excluding carboxylic acids is 5. The highest BCUT2D eigenvalue weighted by Crippen LogP contribution is 2.35. The van der Waals surface area contributed by atoms with E-state index in [4.69, 9.17) is 61.2 Å². The summed E-state index contributed by atoms with van der Waals surface area (Å²) in [6, 6.07) is 63.5. The van der Waals surface area contributed by atoms with Crippen LogP contribution in [0, 0.1) is 83.9 Å². The van der Waals surface area contributed by atoms with E-state index < -0.39 is 82.8 Å². The summed E-state index contributed by atoms with van der Waals surface area (Å²) in [4.78, 5) is 75.0. The highest BCUT2D eigenvalue weighted by atomic mass is 79.9. The molecule has 15 aromatic rings. The Balaban J connectivity index is 0.000000192. The fourth-order valence-electron chi connectivity index (χ4n) is 12.5. The van der Waals surface area contributed by atoms with Crippen LogP contribution in [0.1, 0.15) is 66.4 Å². The zero-order valence-corrected chi connectivity index (χ0v) is 77.4. The molecular weight excluding hydrogens is 1920 g/mol. The van der Waals surface area contributed by atoms with Gasteiger partial charge in [-0.15, -0.1) is 0 Å². The Bertz CT molecular complexity index is 6660. The quantitative estimate of drug-likeness (QED) is 0.00984. The Morgan fingerprint density at radius 3 is 0.956 bits per heavy atom. The maximum atomic E-state index is 14.9. The van der Waals surface area contributed by atoms with E-state index in [-0.39, 0.29) is 62.3 Å². The van der Waals surface area contributed by atoms with Crippen molar-refractivity contribution in [3.05, 3.63) is 362 Å². The van der Waals surface area contributed by atoms with Crippen molar-refractivity contribution in [1.29, 1.82) is 15.8 Å². The Morgan fingerprint density at radius 2 is 0.652 bits per heavy atom. The number of nitriles is 3. The standard InChI is InChI=1S/C25H23FN6O2S.C25H21FN6OS.C21H16BrFN4O.C14H15N3O.C7H2BrF2N.C4H6N2S.H2O2/c1-14-10-23(35-32-14)31-20-13-21(19(26)12-18(20)24(27)33)30-22(25(28)34)11-15-2-4-16(5-3-15)17-6-8-29-9-7-17;1-15-10-24(34-32-15)31-21-13-22(20(26)12-19(21)14-27)30-23(25(28)33)11-16-2-4-17(5-3-16)18-6-8-29-9-7-18;22-17-11-19(18(23)10-16(17)12-24)27-20(21(25)28)9-13-1-3-14(4-2-13)15-5-7-26-8-6-15;15-13(14(16)18)9-10-1-3-11(4-2-10)12-5-7-17-8-6-12;8-5-2-7(10)6(9)1-4(5)3-11;1-3-2-4(5)7-6-3;1-2/h2-10,12-13,22,30-31H,11H2,1H3,(H2,27,33)(H2,28,34);2-10,12-13,23,30-31H,11H2,1H3,(H2,28,33);1-8,10-11,20,27H,9H2,(H2,25,28);1-8,13H,9,15H2,(H2,16,18);1-2H;2H,5H2,1H3;1-2H/t22-;23-;20-;13-;;;/m1111.../s1. The third-order valence-corrected chi connectivity index (χ3v) is 23.0. The number of anilines is 8. The van der Waals surface area contributed by atoms with Gasteiger partial charge in [-0.3, -0.25) is 54.4 Å². The largest absolute Gasteiger partial charge is 0.389 e. The summed E-state index contributed by atoms with van der Waals surface area (Å²) in [5.74, 6) is -7.11. The van der Waals surface area contributed by atoms with E-state index in [0.29, 0.717) is 33.0 Å². The fourth-order valence-corrected chi connectivity index (χ4v) is 15.2. The molecule has 0 saturated carbocycles. The Morgan fingerprint density at radius 1 is 0.363 bits per heavy atom. The molecule has 0 aliphatic rings. The fraction of sp³-hybridized carbons (Fsp3) is 0.115. The second-order valence-corrected chi connectivity index (χ2v) is 33.3. The lowest BCUT2D eigenvalue weighted by molar-refractivity contribution is -0.176. The van der Waals surface area contributed by atoms with Gasteiger partial charge in [0.15, 0.2) is 11.6 Å². The third kappa shape index (κ3) is 31.6. The van der Waals surface area contributed by atoms with E-state index in [1.807, 2.05) is 191 Å². The number of benzene rings is 8. The molecule has 15 rings (SSSR count). The van der Waals surface area contributed by atoms with Crippen molar-refractivity contribution >= 4 is 139 Å². The number of rotatable bonds is 27. The summed E-state index contributed by atoms with van der Waals surface area (Å²) < 4.78 is 81.6. The monoisotopic (exact) mass is 2010 g/mol. The Labute approximate surface area is 800 Å². The van der Waals surface area contributed by atoms with Gasteiger partial charge in [-0.25, -0.2) is 22.0 Å². The number of pyridine rings is 4. The molecule has 135 heavy (non-hydrogen) atoms. The number of primary amides is 5. The van der Waals surface area contributed by atoms with Crippen molar-refractivity contribution in [3.8, 4) is 62.7 Å². The molecule has 0 aliphatic heterocycles. The summed E-state index contributed by atoms with van der Waals surface area (Å²) in [5, 5.41) is 55.7. The molecule has 21 N–H and O–H groups in total. The number of nitrogens with zero attached hydrogens (tertiary/aromatic N) is 10. The second kappa shape index (κ2) is 51.2. The number of carbonyl (C=O) groups is 5. The van der Waals surface area contributed by atoms with Gasteiger partial charge in [0.05, 0.1) is 73.8 Å². The molecule has 688 valence electrons. The molecule has 7 aromatic heterocycles. The molecule has 0 spiro atoms. The molecule has 29 nitrogen and oxygen atoms in total. The molecule has 0 aliphatic carbocycles. The third-order valence-electron chi connectivity index (χ3n) is 19.4. The van der Waals surface area contributed by atoms with Gasteiger partial charge < -0.3 is 66.7 Å². The summed E-state index contributed by atoms with van der Waals surface area (Å²) in [6.45, 7) is 5.60. The summed E-state index contributed by atoms with van der Waals surface area (Å²) in [7, 11) is 0. The number of nitrogens with two attached hydrogens (primary N) is 7. The maximum Gasteiger partial charge on any atom is 0.250 e. The molecule has 0 fully saturated rings. The lowest BCUT2D eigenvalue weighted by Gasteiger charge is -2.19. The normalized spacial score (nSPS) is 11.2. The van der Waals surface area contributed by atoms with Crippen LogP contribution in [0.2, 0.25) is 0 Å². The summed E-state index contributed by atoms with van der Waals surface area (Å²) in [5.41, 5.74) is 54.0. The number of hydrogen-bond acceptors (Lipinski definition) is 27. The van der Waals surface area contributed by atoms with Crippen LogP contribution in [0.15, 0.2) is 271 Å². The number of amides is 5. The molecule has 0 radical (unpaired) electrons. The summed E-state index contributed by atoms with van der Waals surface area (Å²) >= 11 is 9.88. The van der Waals surface area contributed by atoms with Crippen molar-refractivity contribution in [2.24, 2.45) is 34.4 Å². The zero-order valence-electron chi connectivity index (χ0n) is 71.8. The van der Waals surface area contributed by atoms with E-state index in [1.165, 1.54) is 52.8 Å². The molecular formula is C96H85Br2F5N22O7S3. The van der Waals surface area contributed by atoms with Crippen LogP contribution in [0.5, 0.6) is 0 Å². The topological polar surface area (TPSA) is 530 Å². The molecule has 4 atom stereocenters. The first-order valence-electron chi connectivity index (χ1n) is 40.1. The van der Waals surface area contributed by atoms with Gasteiger partial charge in [0, 0.05) is 77.8 Å². The van der Waals surface area contributed by atoms with Crippen molar-refractivity contribution < 1.29 is 56.4 Å². The second-order valence-electron chi connectivity index (χ2n) is 29.2. The number of aromatic nitrogens is 7. The molecule has 8 aromatic carbocycles. The average molecular weight is 2010 g/mol. The van der Waals surface area contributed by atoms with Gasteiger partial charge in [-0.1, -0.05) is 97.1 Å². The van der Waals surface area contributed by atoms with Gasteiger partial charge in [0.25, 0.3) is 5.91 Å². The van der Waals surface area contributed by atoms with E-state index in [1.54, 1.807) is 61.7 Å². The van der Waals surface area contributed by atoms with E-state index in [0.717, 1.165) is 119 Å². The van der Waals surface area contributed by atoms with Crippen molar-refractivity contribution in [1.82, 2.24) is 33.1 Å². The molecule has 5 amide bonds. The van der Waals surface area contributed by atoms with Gasteiger partial charge in [0.1, 0.15) is 68.8 Å². The number of nitrogen functional groups attached to an aromatic ring is 1. The molecule has 0 saturated heterocycles.